The molecule has 0 aliphatic heterocycles. The van der Waals surface area contributed by atoms with Crippen LogP contribution in [0.2, 0.25) is 0 Å². The first-order valence-corrected chi connectivity index (χ1v) is 6.72. The van der Waals surface area contributed by atoms with Crippen LogP contribution in [0.25, 0.3) is 0 Å². The number of methoxy groups -OCH3 is 1. The Hall–Kier alpha value is -2.51. The standard InChI is InChI=1S/C17H18N2O2/c1-20-17-10-13(6-7-15(17)11-18)12-21-9-8-14-4-2-3-5-16(14)19/h2-7,10H,8-9,12,19H2,1H3. The van der Waals surface area contributed by atoms with Gasteiger partial charge in [0.05, 0.1) is 25.9 Å². The molecule has 0 unspecified atom stereocenters. The van der Waals surface area contributed by atoms with Gasteiger partial charge in [0.2, 0.25) is 0 Å². The second-order valence-electron chi connectivity index (χ2n) is 4.65. The normalized spacial score (nSPS) is 10.1. The number of nitriles is 1. The molecule has 0 amide bonds. The number of hydrogen-bond acceptors (Lipinski definition) is 4. The number of anilines is 1. The Morgan fingerprint density at radius 1 is 1.19 bits per heavy atom. The van der Waals surface area contributed by atoms with Crippen LogP contribution in [0.4, 0.5) is 5.69 Å². The minimum atomic E-state index is 0.481. The second-order valence-corrected chi connectivity index (χ2v) is 4.65. The number of nitrogens with zero attached hydrogens (tertiary/aromatic N) is 1. The van der Waals surface area contributed by atoms with Gasteiger partial charge in [0.15, 0.2) is 0 Å². The average molecular weight is 282 g/mol. The predicted octanol–water partition coefficient (Wildman–Crippen LogP) is 2.91. The van der Waals surface area contributed by atoms with Crippen LogP contribution in [0, 0.1) is 11.3 Å². The van der Waals surface area contributed by atoms with Crippen molar-refractivity contribution >= 4 is 5.69 Å². The van der Waals surface area contributed by atoms with E-state index in [1.165, 1.54) is 0 Å². The van der Waals surface area contributed by atoms with Crippen molar-refractivity contribution in [3.05, 3.63) is 59.2 Å². The zero-order valence-corrected chi connectivity index (χ0v) is 12.0. The van der Waals surface area contributed by atoms with Gasteiger partial charge in [-0.1, -0.05) is 24.3 Å². The Balaban J connectivity index is 1.87. The summed E-state index contributed by atoms with van der Waals surface area (Å²) in [5, 5.41) is 8.93. The first-order chi connectivity index (χ1) is 10.2. The fourth-order valence-corrected chi connectivity index (χ4v) is 2.05. The molecule has 0 radical (unpaired) electrons. The van der Waals surface area contributed by atoms with E-state index in [4.69, 9.17) is 20.5 Å². The van der Waals surface area contributed by atoms with E-state index < -0.39 is 0 Å². The fraction of sp³-hybridized carbons (Fsp3) is 0.235. The van der Waals surface area contributed by atoms with E-state index in [-0.39, 0.29) is 0 Å². The van der Waals surface area contributed by atoms with Crippen molar-refractivity contribution < 1.29 is 9.47 Å². The molecule has 21 heavy (non-hydrogen) atoms. The number of rotatable bonds is 6. The molecule has 0 saturated heterocycles. The highest BCUT2D eigenvalue weighted by Crippen LogP contribution is 2.20. The van der Waals surface area contributed by atoms with Gasteiger partial charge in [-0.25, -0.2) is 0 Å². The second kappa shape index (κ2) is 7.32. The topological polar surface area (TPSA) is 68.3 Å². The Bertz CT molecular complexity index is 647. The quantitative estimate of drug-likeness (QED) is 0.653. The molecular weight excluding hydrogens is 264 g/mol. The van der Waals surface area contributed by atoms with Crippen molar-refractivity contribution in [3.63, 3.8) is 0 Å². The Labute approximate surface area is 124 Å². The van der Waals surface area contributed by atoms with Crippen LogP contribution in [-0.2, 0) is 17.8 Å². The molecule has 0 bridgehead atoms. The number of benzene rings is 2. The SMILES string of the molecule is COc1cc(COCCc2ccccc2N)ccc1C#N. The molecule has 4 heteroatoms. The van der Waals surface area contributed by atoms with Crippen molar-refractivity contribution in [2.45, 2.75) is 13.0 Å². The van der Waals surface area contributed by atoms with E-state index in [0.717, 1.165) is 23.2 Å². The molecule has 4 nitrogen and oxygen atoms in total. The third-order valence-corrected chi connectivity index (χ3v) is 3.23. The maximum Gasteiger partial charge on any atom is 0.136 e. The molecular formula is C17H18N2O2. The molecule has 108 valence electrons. The zero-order chi connectivity index (χ0) is 15.1. The van der Waals surface area contributed by atoms with E-state index in [2.05, 4.69) is 6.07 Å². The molecule has 2 rings (SSSR count). The minimum Gasteiger partial charge on any atom is -0.495 e. The van der Waals surface area contributed by atoms with Crippen LogP contribution in [0.1, 0.15) is 16.7 Å². The van der Waals surface area contributed by atoms with E-state index in [1.54, 1.807) is 13.2 Å². The van der Waals surface area contributed by atoms with Crippen LogP contribution < -0.4 is 10.5 Å². The molecule has 2 N–H and O–H groups in total. The molecule has 2 aromatic rings. The largest absolute Gasteiger partial charge is 0.495 e. The monoisotopic (exact) mass is 282 g/mol. The summed E-state index contributed by atoms with van der Waals surface area (Å²) in [6.45, 7) is 1.07. The van der Waals surface area contributed by atoms with Crippen molar-refractivity contribution in [2.75, 3.05) is 19.5 Å². The van der Waals surface area contributed by atoms with Crippen LogP contribution in [0.5, 0.6) is 5.75 Å². The molecule has 2 aromatic carbocycles. The Morgan fingerprint density at radius 2 is 2.00 bits per heavy atom. The summed E-state index contributed by atoms with van der Waals surface area (Å²) in [6.07, 6.45) is 0.778. The summed E-state index contributed by atoms with van der Waals surface area (Å²) in [7, 11) is 1.55. The summed E-state index contributed by atoms with van der Waals surface area (Å²) in [6, 6.07) is 15.3. The van der Waals surface area contributed by atoms with Gasteiger partial charge in [-0.05, 0) is 35.7 Å². The fourth-order valence-electron chi connectivity index (χ4n) is 2.05. The number of nitrogen functional groups attached to an aromatic ring is 1. The van der Waals surface area contributed by atoms with Crippen molar-refractivity contribution in [1.82, 2.24) is 0 Å². The minimum absolute atomic E-state index is 0.481. The van der Waals surface area contributed by atoms with Gasteiger partial charge in [-0.2, -0.15) is 5.26 Å². The Morgan fingerprint density at radius 3 is 2.71 bits per heavy atom. The van der Waals surface area contributed by atoms with Crippen LogP contribution in [0.3, 0.4) is 0 Å². The summed E-state index contributed by atoms with van der Waals surface area (Å²) < 4.78 is 10.8. The zero-order valence-electron chi connectivity index (χ0n) is 12.0. The van der Waals surface area contributed by atoms with Crippen LogP contribution in [-0.4, -0.2) is 13.7 Å². The molecule has 0 aromatic heterocycles. The molecule has 0 saturated carbocycles. The van der Waals surface area contributed by atoms with E-state index >= 15 is 0 Å². The van der Waals surface area contributed by atoms with E-state index in [0.29, 0.717) is 24.5 Å². The predicted molar refractivity (Wildman–Crippen MR) is 81.9 cm³/mol. The summed E-state index contributed by atoms with van der Waals surface area (Å²) >= 11 is 0. The van der Waals surface area contributed by atoms with Crippen LogP contribution in [0.15, 0.2) is 42.5 Å². The number of ether oxygens (including phenoxy) is 2. The van der Waals surface area contributed by atoms with E-state index in [1.807, 2.05) is 36.4 Å². The van der Waals surface area contributed by atoms with Gasteiger partial charge in [0.1, 0.15) is 11.8 Å². The lowest BCUT2D eigenvalue weighted by Gasteiger charge is -2.08. The molecule has 0 fully saturated rings. The van der Waals surface area contributed by atoms with Crippen molar-refractivity contribution in [2.24, 2.45) is 0 Å². The lowest BCUT2D eigenvalue weighted by molar-refractivity contribution is 0.124. The first-order valence-electron chi connectivity index (χ1n) is 6.72. The smallest absolute Gasteiger partial charge is 0.136 e. The molecule has 0 aliphatic carbocycles. The lowest BCUT2D eigenvalue weighted by Crippen LogP contribution is -2.02. The highest BCUT2D eigenvalue weighted by molar-refractivity contribution is 5.46. The van der Waals surface area contributed by atoms with Gasteiger partial charge >= 0.3 is 0 Å². The van der Waals surface area contributed by atoms with Crippen LogP contribution >= 0.6 is 0 Å². The summed E-state index contributed by atoms with van der Waals surface area (Å²) in [5.74, 6) is 0.575. The van der Waals surface area contributed by atoms with Crippen molar-refractivity contribution in [1.29, 1.82) is 5.26 Å². The Kier molecular flexibility index (Phi) is 5.19. The summed E-state index contributed by atoms with van der Waals surface area (Å²) in [4.78, 5) is 0. The average Bonchev–Trinajstić information content (AvgIpc) is 2.52. The van der Waals surface area contributed by atoms with Gasteiger partial charge in [0.25, 0.3) is 0 Å². The lowest BCUT2D eigenvalue weighted by atomic mass is 10.1. The number of nitrogens with two attached hydrogens (primary N) is 1. The van der Waals surface area contributed by atoms with E-state index in [9.17, 15) is 0 Å². The summed E-state index contributed by atoms with van der Waals surface area (Å²) in [5.41, 5.74) is 9.27. The van der Waals surface area contributed by atoms with Gasteiger partial charge < -0.3 is 15.2 Å². The maximum atomic E-state index is 8.93. The van der Waals surface area contributed by atoms with Gasteiger partial charge in [-0.15, -0.1) is 0 Å². The third kappa shape index (κ3) is 3.98. The first kappa shape index (κ1) is 14.9. The highest BCUT2D eigenvalue weighted by atomic mass is 16.5. The molecule has 0 atom stereocenters. The van der Waals surface area contributed by atoms with Gasteiger partial charge in [0, 0.05) is 5.69 Å². The molecule has 0 heterocycles. The third-order valence-electron chi connectivity index (χ3n) is 3.23. The molecule has 0 aliphatic rings. The maximum absolute atomic E-state index is 8.93. The number of hydrogen-bond donors (Lipinski definition) is 1. The highest BCUT2D eigenvalue weighted by Gasteiger charge is 2.04. The molecule has 0 spiro atoms. The van der Waals surface area contributed by atoms with Gasteiger partial charge in [-0.3, -0.25) is 0 Å². The number of para-hydroxylation sites is 1. The van der Waals surface area contributed by atoms with Crippen molar-refractivity contribution in [3.8, 4) is 11.8 Å².